The summed E-state index contributed by atoms with van der Waals surface area (Å²) in [4.78, 5) is 15.3. The normalized spacial score (nSPS) is 11.5. The van der Waals surface area contributed by atoms with Crippen LogP contribution in [-0.2, 0) is 0 Å². The molecule has 7 aromatic carbocycles. The molecule has 0 atom stereocenters. The molecule has 0 unspecified atom stereocenters. The van der Waals surface area contributed by atoms with Crippen molar-refractivity contribution in [3.05, 3.63) is 164 Å². The largest absolute Gasteiger partial charge is 0.208 e. The second-order valence-electron chi connectivity index (χ2n) is 11.6. The quantitative estimate of drug-likeness (QED) is 0.202. The highest BCUT2D eigenvalue weighted by Gasteiger charge is 2.23. The molecule has 1 aliphatic carbocycles. The van der Waals surface area contributed by atoms with Gasteiger partial charge >= 0.3 is 0 Å². The summed E-state index contributed by atoms with van der Waals surface area (Å²) in [5.74, 6) is 1.97. The lowest BCUT2D eigenvalue weighted by atomic mass is 9.98. The fourth-order valence-corrected chi connectivity index (χ4v) is 6.64. The maximum Gasteiger partial charge on any atom is 0.164 e. The van der Waals surface area contributed by atoms with E-state index in [2.05, 4.69) is 152 Å². The molecular weight excluding hydrogens is 558 g/mol. The maximum absolute atomic E-state index is 5.12. The molecule has 3 heteroatoms. The van der Waals surface area contributed by atoms with E-state index in [-0.39, 0.29) is 0 Å². The van der Waals surface area contributed by atoms with E-state index in [1.54, 1.807) is 0 Å². The van der Waals surface area contributed by atoms with Gasteiger partial charge in [0.15, 0.2) is 17.5 Å². The molecule has 0 N–H and O–H groups in total. The highest BCUT2D eigenvalue weighted by Crippen LogP contribution is 2.49. The lowest BCUT2D eigenvalue weighted by Crippen LogP contribution is -2.00. The zero-order chi connectivity index (χ0) is 30.5. The van der Waals surface area contributed by atoms with Crippen LogP contribution in [0.3, 0.4) is 0 Å². The van der Waals surface area contributed by atoms with Gasteiger partial charge in [0.1, 0.15) is 0 Å². The van der Waals surface area contributed by atoms with Crippen LogP contribution in [0, 0.1) is 0 Å². The van der Waals surface area contributed by atoms with Crippen molar-refractivity contribution in [3.63, 3.8) is 0 Å². The Hall–Kier alpha value is -6.19. The molecule has 1 aliphatic rings. The van der Waals surface area contributed by atoms with E-state index >= 15 is 0 Å². The smallest absolute Gasteiger partial charge is 0.164 e. The molecular formula is C43H27N3. The summed E-state index contributed by atoms with van der Waals surface area (Å²) in [5.41, 5.74) is 12.6. The van der Waals surface area contributed by atoms with Crippen LogP contribution in [-0.4, -0.2) is 15.0 Å². The zero-order valence-electron chi connectivity index (χ0n) is 24.9. The topological polar surface area (TPSA) is 38.7 Å². The summed E-state index contributed by atoms with van der Waals surface area (Å²) in [6.45, 7) is 0. The van der Waals surface area contributed by atoms with Crippen LogP contribution < -0.4 is 0 Å². The van der Waals surface area contributed by atoms with Crippen LogP contribution in [0.4, 0.5) is 0 Å². The summed E-state index contributed by atoms with van der Waals surface area (Å²) >= 11 is 0. The summed E-state index contributed by atoms with van der Waals surface area (Å²) in [6, 6.07) is 57.4. The molecule has 8 aromatic rings. The van der Waals surface area contributed by atoms with Crippen molar-refractivity contribution in [1.29, 1.82) is 0 Å². The van der Waals surface area contributed by atoms with Gasteiger partial charge in [0.2, 0.25) is 0 Å². The van der Waals surface area contributed by atoms with Crippen molar-refractivity contribution >= 4 is 10.8 Å². The molecule has 0 spiro atoms. The number of hydrogen-bond donors (Lipinski definition) is 0. The zero-order valence-corrected chi connectivity index (χ0v) is 24.9. The Bertz CT molecular complexity index is 2250. The van der Waals surface area contributed by atoms with Gasteiger partial charge in [-0.15, -0.1) is 0 Å². The number of fused-ring (bicyclic) bond motifs is 3. The molecule has 3 nitrogen and oxygen atoms in total. The Morgan fingerprint density at radius 1 is 0.239 bits per heavy atom. The minimum atomic E-state index is 0.651. The van der Waals surface area contributed by atoms with Crippen molar-refractivity contribution in [3.8, 4) is 78.7 Å². The predicted molar refractivity (Wildman–Crippen MR) is 189 cm³/mol. The van der Waals surface area contributed by atoms with Gasteiger partial charge in [-0.1, -0.05) is 158 Å². The first-order valence-corrected chi connectivity index (χ1v) is 15.5. The number of hydrogen-bond acceptors (Lipinski definition) is 3. The summed E-state index contributed by atoms with van der Waals surface area (Å²) < 4.78 is 0. The fraction of sp³-hybridized carbons (Fsp3) is 0. The van der Waals surface area contributed by atoms with E-state index < -0.39 is 0 Å². The maximum atomic E-state index is 5.12. The summed E-state index contributed by atoms with van der Waals surface area (Å²) in [6.07, 6.45) is 0. The number of rotatable bonds is 5. The number of aromatic nitrogens is 3. The van der Waals surface area contributed by atoms with Crippen molar-refractivity contribution in [2.24, 2.45) is 0 Å². The Morgan fingerprint density at radius 3 is 1.17 bits per heavy atom. The molecule has 0 radical (unpaired) electrons. The lowest BCUT2D eigenvalue weighted by molar-refractivity contribution is 1.08. The predicted octanol–water partition coefficient (Wildman–Crippen LogP) is 11.0. The fourth-order valence-electron chi connectivity index (χ4n) is 6.64. The lowest BCUT2D eigenvalue weighted by Gasteiger charge is -2.12. The Balaban J connectivity index is 1.20. The van der Waals surface area contributed by atoms with E-state index in [1.165, 1.54) is 38.8 Å². The van der Waals surface area contributed by atoms with Crippen LogP contribution in [0.2, 0.25) is 0 Å². The number of nitrogens with zero attached hydrogens (tertiary/aromatic N) is 3. The van der Waals surface area contributed by atoms with Crippen molar-refractivity contribution in [2.75, 3.05) is 0 Å². The molecule has 0 saturated carbocycles. The monoisotopic (exact) mass is 585 g/mol. The Labute approximate surface area is 267 Å². The first kappa shape index (κ1) is 26.2. The van der Waals surface area contributed by atoms with Gasteiger partial charge in [-0.3, -0.25) is 0 Å². The van der Waals surface area contributed by atoms with Crippen molar-refractivity contribution in [2.45, 2.75) is 0 Å². The van der Waals surface area contributed by atoms with Crippen LogP contribution in [0.1, 0.15) is 0 Å². The van der Waals surface area contributed by atoms with Crippen LogP contribution in [0.15, 0.2) is 164 Å². The summed E-state index contributed by atoms with van der Waals surface area (Å²) in [7, 11) is 0. The van der Waals surface area contributed by atoms with Crippen LogP contribution in [0.25, 0.3) is 89.4 Å². The molecule has 0 bridgehead atoms. The van der Waals surface area contributed by atoms with Gasteiger partial charge in [-0.05, 0) is 61.3 Å². The minimum absolute atomic E-state index is 0.651. The summed E-state index contributed by atoms with van der Waals surface area (Å²) in [5, 5.41) is 2.40. The van der Waals surface area contributed by atoms with E-state index in [9.17, 15) is 0 Å². The van der Waals surface area contributed by atoms with Gasteiger partial charge in [-0.25, -0.2) is 15.0 Å². The first-order valence-electron chi connectivity index (χ1n) is 15.5. The standard InChI is InChI=1S/C43H27N3/c1-3-10-28(11-4-1)30-18-22-32(23-19-30)41-44-42(33-24-20-31(21-25-33)29-12-5-2-6-13-29)46-43(45-41)39-27-26-38-35-15-8-7-14-34(35)36-16-9-17-37(39)40(36)38/h1-27H. The molecule has 0 saturated heterocycles. The molecule has 9 rings (SSSR count). The van der Waals surface area contributed by atoms with E-state index in [0.29, 0.717) is 17.5 Å². The van der Waals surface area contributed by atoms with Crippen molar-refractivity contribution in [1.82, 2.24) is 15.0 Å². The Morgan fingerprint density at radius 2 is 0.630 bits per heavy atom. The Kier molecular flexibility index (Phi) is 6.14. The third-order valence-corrected chi connectivity index (χ3v) is 8.92. The van der Waals surface area contributed by atoms with Crippen LogP contribution in [0.5, 0.6) is 0 Å². The second-order valence-corrected chi connectivity index (χ2v) is 11.6. The molecule has 0 amide bonds. The third-order valence-electron chi connectivity index (χ3n) is 8.92. The van der Waals surface area contributed by atoms with E-state index in [0.717, 1.165) is 33.2 Å². The van der Waals surface area contributed by atoms with Gasteiger partial charge in [0, 0.05) is 16.7 Å². The van der Waals surface area contributed by atoms with Crippen LogP contribution >= 0.6 is 0 Å². The minimum Gasteiger partial charge on any atom is -0.208 e. The van der Waals surface area contributed by atoms with Gasteiger partial charge in [0.05, 0.1) is 0 Å². The SMILES string of the molecule is c1ccc(-c2ccc(-c3nc(-c4ccc(-c5ccccc5)cc4)nc(-c4ccc5c6c(cccc46)-c4ccccc4-5)n3)cc2)cc1. The molecule has 1 aromatic heterocycles. The van der Waals surface area contributed by atoms with Gasteiger partial charge < -0.3 is 0 Å². The molecule has 1 heterocycles. The van der Waals surface area contributed by atoms with Gasteiger partial charge in [-0.2, -0.15) is 0 Å². The number of benzene rings is 7. The third kappa shape index (κ3) is 4.41. The average Bonchev–Trinajstić information content (AvgIpc) is 3.47. The highest BCUT2D eigenvalue weighted by molar-refractivity contribution is 6.18. The van der Waals surface area contributed by atoms with E-state index in [1.807, 2.05) is 12.1 Å². The van der Waals surface area contributed by atoms with Crippen molar-refractivity contribution < 1.29 is 0 Å². The molecule has 46 heavy (non-hydrogen) atoms. The van der Waals surface area contributed by atoms with E-state index in [4.69, 9.17) is 15.0 Å². The average molecular weight is 586 g/mol. The molecule has 214 valence electrons. The first-order chi connectivity index (χ1) is 22.8. The second kappa shape index (κ2) is 10.8. The molecule has 0 fully saturated rings. The highest BCUT2D eigenvalue weighted by atomic mass is 15.0. The van der Waals surface area contributed by atoms with Gasteiger partial charge in [0.25, 0.3) is 0 Å². The molecule has 0 aliphatic heterocycles.